The van der Waals surface area contributed by atoms with E-state index in [2.05, 4.69) is 19.6 Å². The smallest absolute Gasteiger partial charge is 0.406 e. The van der Waals surface area contributed by atoms with E-state index in [0.717, 1.165) is 24.6 Å². The largest absolute Gasteiger partial charge is 0.573 e. The summed E-state index contributed by atoms with van der Waals surface area (Å²) < 4.78 is 42.0. The molecule has 0 spiro atoms. The van der Waals surface area contributed by atoms with Gasteiger partial charge in [0.15, 0.2) is 5.82 Å². The number of thioether (sulfide) groups is 1. The minimum absolute atomic E-state index is 0.290. The first kappa shape index (κ1) is 19.1. The van der Waals surface area contributed by atoms with Gasteiger partial charge in [0.05, 0.1) is 10.5 Å². The van der Waals surface area contributed by atoms with E-state index in [1.54, 1.807) is 6.07 Å². The van der Waals surface area contributed by atoms with Gasteiger partial charge in [0, 0.05) is 35.5 Å². The normalized spacial score (nSPS) is 15.1. The SMILES string of the molecule is FC(F)(F)Oc1ccc2nc(-c3ccccc3Cl)nc(N3CCSCC3)c2c1. The third kappa shape index (κ3) is 4.12. The molecule has 2 aromatic carbocycles. The highest BCUT2D eigenvalue weighted by Gasteiger charge is 2.31. The molecule has 0 N–H and O–H groups in total. The van der Waals surface area contributed by atoms with Crippen molar-refractivity contribution < 1.29 is 17.9 Å². The van der Waals surface area contributed by atoms with Crippen molar-refractivity contribution in [2.45, 2.75) is 6.36 Å². The summed E-state index contributed by atoms with van der Waals surface area (Å²) in [5.41, 5.74) is 1.21. The van der Waals surface area contributed by atoms with Crippen LogP contribution in [0, 0.1) is 0 Å². The van der Waals surface area contributed by atoms with E-state index in [1.165, 1.54) is 18.2 Å². The van der Waals surface area contributed by atoms with Crippen molar-refractivity contribution in [1.29, 1.82) is 0 Å². The molecule has 0 saturated carbocycles. The van der Waals surface area contributed by atoms with Gasteiger partial charge in [-0.05, 0) is 30.3 Å². The molecule has 0 bridgehead atoms. The Morgan fingerprint density at radius 3 is 2.50 bits per heavy atom. The van der Waals surface area contributed by atoms with Gasteiger partial charge in [-0.3, -0.25) is 0 Å². The van der Waals surface area contributed by atoms with Gasteiger partial charge in [0.2, 0.25) is 0 Å². The third-order valence-corrected chi connectivity index (χ3v) is 5.58. The quantitative estimate of drug-likeness (QED) is 0.561. The molecule has 1 aliphatic heterocycles. The molecule has 3 aromatic rings. The van der Waals surface area contributed by atoms with Crippen LogP contribution in [0.5, 0.6) is 5.75 Å². The summed E-state index contributed by atoms with van der Waals surface area (Å²) >= 11 is 8.14. The molecule has 1 aliphatic rings. The lowest BCUT2D eigenvalue weighted by Gasteiger charge is -2.28. The number of ether oxygens (including phenoxy) is 1. The van der Waals surface area contributed by atoms with Crippen molar-refractivity contribution in [3.63, 3.8) is 0 Å². The number of rotatable bonds is 3. The van der Waals surface area contributed by atoms with Gasteiger partial charge in [0.25, 0.3) is 0 Å². The molecule has 4 rings (SSSR count). The van der Waals surface area contributed by atoms with Crippen LogP contribution in [-0.4, -0.2) is 40.9 Å². The van der Waals surface area contributed by atoms with E-state index in [4.69, 9.17) is 11.6 Å². The molecule has 146 valence electrons. The van der Waals surface area contributed by atoms with Gasteiger partial charge in [-0.1, -0.05) is 23.7 Å². The average molecular weight is 426 g/mol. The molecule has 0 aliphatic carbocycles. The van der Waals surface area contributed by atoms with Crippen LogP contribution >= 0.6 is 23.4 Å². The highest BCUT2D eigenvalue weighted by Crippen LogP contribution is 2.34. The van der Waals surface area contributed by atoms with Gasteiger partial charge in [0.1, 0.15) is 11.6 Å². The zero-order valence-electron chi connectivity index (χ0n) is 14.5. The second kappa shape index (κ2) is 7.67. The Morgan fingerprint density at radius 1 is 1.04 bits per heavy atom. The van der Waals surface area contributed by atoms with Crippen LogP contribution in [0.25, 0.3) is 22.3 Å². The zero-order chi connectivity index (χ0) is 19.7. The molecular weight excluding hydrogens is 411 g/mol. The lowest BCUT2D eigenvalue weighted by Crippen LogP contribution is -2.33. The zero-order valence-corrected chi connectivity index (χ0v) is 16.1. The maximum atomic E-state index is 12.6. The third-order valence-electron chi connectivity index (χ3n) is 4.31. The molecule has 0 atom stereocenters. The number of nitrogens with zero attached hydrogens (tertiary/aromatic N) is 3. The fourth-order valence-corrected chi connectivity index (χ4v) is 4.19. The highest BCUT2D eigenvalue weighted by molar-refractivity contribution is 7.99. The summed E-state index contributed by atoms with van der Waals surface area (Å²) in [6.07, 6.45) is -4.76. The fourth-order valence-electron chi connectivity index (χ4n) is 3.07. The van der Waals surface area contributed by atoms with Crippen molar-refractivity contribution in [2.24, 2.45) is 0 Å². The van der Waals surface area contributed by atoms with Crippen molar-refractivity contribution in [3.8, 4) is 17.1 Å². The standard InChI is InChI=1S/C19H15ClF3N3OS/c20-15-4-2-1-3-13(15)17-24-16-6-5-12(27-19(21,22)23)11-14(16)18(25-17)26-7-9-28-10-8-26/h1-6,11H,7-10H2. The summed E-state index contributed by atoms with van der Waals surface area (Å²) in [5, 5.41) is 1.03. The van der Waals surface area contributed by atoms with E-state index in [0.29, 0.717) is 33.1 Å². The van der Waals surface area contributed by atoms with Crippen LogP contribution in [-0.2, 0) is 0 Å². The number of alkyl halides is 3. The predicted molar refractivity (Wildman–Crippen MR) is 106 cm³/mol. The second-order valence-corrected chi connectivity index (χ2v) is 7.81. The summed E-state index contributed by atoms with van der Waals surface area (Å²) in [7, 11) is 0. The number of benzene rings is 2. The van der Waals surface area contributed by atoms with E-state index in [1.807, 2.05) is 30.0 Å². The maximum absolute atomic E-state index is 12.6. The molecule has 28 heavy (non-hydrogen) atoms. The number of halogens is 4. The van der Waals surface area contributed by atoms with Gasteiger partial charge in [-0.15, -0.1) is 13.2 Å². The monoisotopic (exact) mass is 425 g/mol. The van der Waals surface area contributed by atoms with Crippen LogP contribution in [0.15, 0.2) is 42.5 Å². The molecular formula is C19H15ClF3N3OS. The van der Waals surface area contributed by atoms with Crippen LogP contribution in [0.2, 0.25) is 5.02 Å². The fraction of sp³-hybridized carbons (Fsp3) is 0.263. The Labute approximate surface area is 168 Å². The van der Waals surface area contributed by atoms with Crippen molar-refractivity contribution >= 4 is 40.1 Å². The van der Waals surface area contributed by atoms with Crippen LogP contribution < -0.4 is 9.64 Å². The first-order valence-corrected chi connectivity index (χ1v) is 10.1. The van der Waals surface area contributed by atoms with E-state index in [-0.39, 0.29) is 5.75 Å². The van der Waals surface area contributed by atoms with Gasteiger partial charge in [-0.2, -0.15) is 11.8 Å². The van der Waals surface area contributed by atoms with Crippen LogP contribution in [0.4, 0.5) is 19.0 Å². The number of anilines is 1. The topological polar surface area (TPSA) is 38.3 Å². The Bertz CT molecular complexity index is 1010. The van der Waals surface area contributed by atoms with Gasteiger partial charge >= 0.3 is 6.36 Å². The van der Waals surface area contributed by atoms with Crippen molar-refractivity contribution in [2.75, 3.05) is 29.5 Å². The summed E-state index contributed by atoms with van der Waals surface area (Å²) in [6, 6.07) is 11.3. The molecule has 4 nitrogen and oxygen atoms in total. The van der Waals surface area contributed by atoms with Crippen molar-refractivity contribution in [1.82, 2.24) is 9.97 Å². The Kier molecular flexibility index (Phi) is 5.25. The highest BCUT2D eigenvalue weighted by atomic mass is 35.5. The second-order valence-electron chi connectivity index (χ2n) is 6.18. The molecule has 1 saturated heterocycles. The summed E-state index contributed by atoms with van der Waals surface area (Å²) in [6.45, 7) is 1.51. The number of aromatic nitrogens is 2. The average Bonchev–Trinajstić information content (AvgIpc) is 2.67. The summed E-state index contributed by atoms with van der Waals surface area (Å²) in [4.78, 5) is 11.3. The van der Waals surface area contributed by atoms with Gasteiger partial charge in [-0.25, -0.2) is 9.97 Å². The summed E-state index contributed by atoms with van der Waals surface area (Å²) in [5.74, 6) is 2.59. The Balaban J connectivity index is 1.88. The molecule has 0 unspecified atom stereocenters. The first-order valence-electron chi connectivity index (χ1n) is 8.56. The molecule has 0 radical (unpaired) electrons. The van der Waals surface area contributed by atoms with Crippen LogP contribution in [0.1, 0.15) is 0 Å². The van der Waals surface area contributed by atoms with Gasteiger partial charge < -0.3 is 9.64 Å². The molecule has 0 amide bonds. The maximum Gasteiger partial charge on any atom is 0.573 e. The lowest BCUT2D eigenvalue weighted by molar-refractivity contribution is -0.274. The number of fused-ring (bicyclic) bond motifs is 1. The first-order chi connectivity index (χ1) is 13.4. The number of hydrogen-bond acceptors (Lipinski definition) is 5. The van der Waals surface area contributed by atoms with Crippen LogP contribution in [0.3, 0.4) is 0 Å². The Hall–Kier alpha value is -2.19. The minimum Gasteiger partial charge on any atom is -0.406 e. The molecule has 2 heterocycles. The number of hydrogen-bond donors (Lipinski definition) is 0. The molecule has 9 heteroatoms. The van der Waals surface area contributed by atoms with E-state index in [9.17, 15) is 13.2 Å². The van der Waals surface area contributed by atoms with Crippen molar-refractivity contribution in [3.05, 3.63) is 47.5 Å². The van der Waals surface area contributed by atoms with E-state index < -0.39 is 6.36 Å². The molecule has 1 fully saturated rings. The minimum atomic E-state index is -4.76. The molecule has 1 aromatic heterocycles. The van der Waals surface area contributed by atoms with E-state index >= 15 is 0 Å². The lowest BCUT2D eigenvalue weighted by atomic mass is 10.1. The Morgan fingerprint density at radius 2 is 1.79 bits per heavy atom. The predicted octanol–water partition coefficient (Wildman–Crippen LogP) is 5.40.